The van der Waals surface area contributed by atoms with Gasteiger partial charge in [0, 0.05) is 11.8 Å². The number of pyridine rings is 1. The molecule has 3 aromatic rings. The molecule has 2 N–H and O–H groups in total. The highest BCUT2D eigenvalue weighted by molar-refractivity contribution is 5.94. The second kappa shape index (κ2) is 7.42. The average molecular weight is 317 g/mol. The predicted octanol–water partition coefficient (Wildman–Crippen LogP) is 4.63. The van der Waals surface area contributed by atoms with Crippen molar-refractivity contribution in [3.8, 4) is 11.1 Å². The van der Waals surface area contributed by atoms with Gasteiger partial charge in [-0.3, -0.25) is 4.98 Å². The Kier molecular flexibility index (Phi) is 4.87. The second-order valence-corrected chi connectivity index (χ2v) is 5.49. The SMILES string of the molecule is CC(NC(=O)Nc1ccccc1-c1ccccc1)c1ccccn1. The van der Waals surface area contributed by atoms with Crippen LogP contribution in [0, 0.1) is 0 Å². The van der Waals surface area contributed by atoms with Crippen LogP contribution in [0.3, 0.4) is 0 Å². The smallest absolute Gasteiger partial charge is 0.319 e. The van der Waals surface area contributed by atoms with Gasteiger partial charge < -0.3 is 10.6 Å². The fourth-order valence-corrected chi connectivity index (χ4v) is 2.52. The van der Waals surface area contributed by atoms with Crippen LogP contribution >= 0.6 is 0 Å². The van der Waals surface area contributed by atoms with Crippen LogP contribution in [0.4, 0.5) is 10.5 Å². The van der Waals surface area contributed by atoms with Crippen LogP contribution in [0.2, 0.25) is 0 Å². The number of hydrogen-bond acceptors (Lipinski definition) is 2. The molecule has 0 aliphatic heterocycles. The first-order chi connectivity index (χ1) is 11.7. The number of amides is 2. The Morgan fingerprint density at radius 2 is 1.62 bits per heavy atom. The number of aromatic nitrogens is 1. The van der Waals surface area contributed by atoms with E-state index in [1.165, 1.54) is 0 Å². The molecule has 1 heterocycles. The first kappa shape index (κ1) is 15.7. The number of nitrogens with zero attached hydrogens (tertiary/aromatic N) is 1. The average Bonchev–Trinajstić information content (AvgIpc) is 2.63. The molecule has 2 aromatic carbocycles. The van der Waals surface area contributed by atoms with Crippen molar-refractivity contribution >= 4 is 11.7 Å². The first-order valence-electron chi connectivity index (χ1n) is 7.87. The lowest BCUT2D eigenvalue weighted by atomic mass is 10.0. The Hall–Kier alpha value is -3.14. The molecule has 4 heteroatoms. The van der Waals surface area contributed by atoms with E-state index in [-0.39, 0.29) is 12.1 Å². The lowest BCUT2D eigenvalue weighted by Gasteiger charge is -2.16. The maximum atomic E-state index is 12.3. The molecular weight excluding hydrogens is 298 g/mol. The van der Waals surface area contributed by atoms with Crippen LogP contribution in [0.1, 0.15) is 18.7 Å². The van der Waals surface area contributed by atoms with E-state index in [0.717, 1.165) is 22.5 Å². The third-order valence-electron chi connectivity index (χ3n) is 3.74. The fourth-order valence-electron chi connectivity index (χ4n) is 2.52. The quantitative estimate of drug-likeness (QED) is 0.737. The number of carbonyl (C=O) groups excluding carboxylic acids is 1. The van der Waals surface area contributed by atoms with E-state index in [1.54, 1.807) is 6.20 Å². The van der Waals surface area contributed by atoms with Gasteiger partial charge in [0.2, 0.25) is 0 Å². The molecule has 0 aliphatic carbocycles. The van der Waals surface area contributed by atoms with Crippen LogP contribution in [0.15, 0.2) is 79.0 Å². The minimum absolute atomic E-state index is 0.171. The summed E-state index contributed by atoms with van der Waals surface area (Å²) in [5.74, 6) is 0. The van der Waals surface area contributed by atoms with Crippen LogP contribution in [-0.2, 0) is 0 Å². The van der Waals surface area contributed by atoms with Gasteiger partial charge in [0.15, 0.2) is 0 Å². The second-order valence-electron chi connectivity index (χ2n) is 5.49. The largest absolute Gasteiger partial charge is 0.330 e. The highest BCUT2D eigenvalue weighted by Gasteiger charge is 2.12. The van der Waals surface area contributed by atoms with Gasteiger partial charge in [-0.2, -0.15) is 0 Å². The molecule has 0 aliphatic rings. The summed E-state index contributed by atoms with van der Waals surface area (Å²) in [5.41, 5.74) is 3.64. The lowest BCUT2D eigenvalue weighted by Crippen LogP contribution is -2.31. The monoisotopic (exact) mass is 317 g/mol. The van der Waals surface area contributed by atoms with Crippen molar-refractivity contribution in [2.24, 2.45) is 0 Å². The molecule has 120 valence electrons. The molecule has 0 spiro atoms. The lowest BCUT2D eigenvalue weighted by molar-refractivity contribution is 0.249. The molecule has 1 aromatic heterocycles. The number of anilines is 1. The Balaban J connectivity index is 1.74. The molecule has 0 saturated heterocycles. The number of benzene rings is 2. The van der Waals surface area contributed by atoms with Crippen LogP contribution in [-0.4, -0.2) is 11.0 Å². The summed E-state index contributed by atoms with van der Waals surface area (Å²) in [6.07, 6.45) is 1.72. The van der Waals surface area contributed by atoms with Crippen LogP contribution in [0.25, 0.3) is 11.1 Å². The van der Waals surface area contributed by atoms with Gasteiger partial charge in [0.25, 0.3) is 0 Å². The number of hydrogen-bond donors (Lipinski definition) is 2. The van der Waals surface area contributed by atoms with E-state index < -0.39 is 0 Å². The van der Waals surface area contributed by atoms with Crippen molar-refractivity contribution in [1.82, 2.24) is 10.3 Å². The Morgan fingerprint density at radius 3 is 2.38 bits per heavy atom. The molecule has 0 saturated carbocycles. The molecular formula is C20H19N3O. The van der Waals surface area contributed by atoms with Crippen LogP contribution < -0.4 is 10.6 Å². The van der Waals surface area contributed by atoms with Gasteiger partial charge in [0.05, 0.1) is 17.4 Å². The number of carbonyl (C=O) groups is 1. The molecule has 0 bridgehead atoms. The minimum Gasteiger partial charge on any atom is -0.330 e. The summed E-state index contributed by atoms with van der Waals surface area (Å²) >= 11 is 0. The van der Waals surface area contributed by atoms with E-state index in [0.29, 0.717) is 0 Å². The number of para-hydroxylation sites is 1. The van der Waals surface area contributed by atoms with E-state index in [2.05, 4.69) is 15.6 Å². The van der Waals surface area contributed by atoms with E-state index in [1.807, 2.05) is 79.7 Å². The zero-order chi connectivity index (χ0) is 16.8. The highest BCUT2D eigenvalue weighted by atomic mass is 16.2. The summed E-state index contributed by atoms with van der Waals surface area (Å²) in [6, 6.07) is 23.0. The molecule has 4 nitrogen and oxygen atoms in total. The van der Waals surface area contributed by atoms with Crippen molar-refractivity contribution in [3.05, 3.63) is 84.7 Å². The molecule has 0 fully saturated rings. The summed E-state index contributed by atoms with van der Waals surface area (Å²) < 4.78 is 0. The van der Waals surface area contributed by atoms with Crippen molar-refractivity contribution in [3.63, 3.8) is 0 Å². The molecule has 24 heavy (non-hydrogen) atoms. The Morgan fingerprint density at radius 1 is 0.917 bits per heavy atom. The van der Waals surface area contributed by atoms with E-state index in [4.69, 9.17) is 0 Å². The number of nitrogens with one attached hydrogen (secondary N) is 2. The van der Waals surface area contributed by atoms with Crippen LogP contribution in [0.5, 0.6) is 0 Å². The summed E-state index contributed by atoms with van der Waals surface area (Å²) in [4.78, 5) is 16.6. The van der Waals surface area contributed by atoms with Gasteiger partial charge in [0.1, 0.15) is 0 Å². The third-order valence-corrected chi connectivity index (χ3v) is 3.74. The zero-order valence-electron chi connectivity index (χ0n) is 13.4. The molecule has 3 rings (SSSR count). The fraction of sp³-hybridized carbons (Fsp3) is 0.100. The maximum absolute atomic E-state index is 12.3. The van der Waals surface area contributed by atoms with Crippen molar-refractivity contribution in [2.45, 2.75) is 13.0 Å². The normalized spacial score (nSPS) is 11.5. The molecule has 1 unspecified atom stereocenters. The first-order valence-corrected chi connectivity index (χ1v) is 7.87. The summed E-state index contributed by atoms with van der Waals surface area (Å²) in [5, 5.41) is 5.84. The van der Waals surface area contributed by atoms with E-state index in [9.17, 15) is 4.79 Å². The number of urea groups is 1. The minimum atomic E-state index is -0.253. The van der Waals surface area contributed by atoms with Crippen molar-refractivity contribution in [1.29, 1.82) is 0 Å². The Bertz CT molecular complexity index is 803. The molecule has 0 radical (unpaired) electrons. The highest BCUT2D eigenvalue weighted by Crippen LogP contribution is 2.27. The molecule has 2 amide bonds. The standard InChI is InChI=1S/C20H19N3O/c1-15(18-12-7-8-14-21-18)22-20(24)23-19-13-6-5-11-17(19)16-9-3-2-4-10-16/h2-15H,1H3,(H2,22,23,24). The maximum Gasteiger partial charge on any atom is 0.319 e. The van der Waals surface area contributed by atoms with Crippen molar-refractivity contribution in [2.75, 3.05) is 5.32 Å². The zero-order valence-corrected chi connectivity index (χ0v) is 13.4. The topological polar surface area (TPSA) is 54.0 Å². The summed E-state index contributed by atoms with van der Waals surface area (Å²) in [6.45, 7) is 1.91. The van der Waals surface area contributed by atoms with Gasteiger partial charge in [-0.15, -0.1) is 0 Å². The van der Waals surface area contributed by atoms with Crippen molar-refractivity contribution < 1.29 is 4.79 Å². The van der Waals surface area contributed by atoms with Gasteiger partial charge >= 0.3 is 6.03 Å². The third kappa shape index (κ3) is 3.79. The molecule has 1 atom stereocenters. The van der Waals surface area contributed by atoms with Gasteiger partial charge in [-0.05, 0) is 30.7 Å². The van der Waals surface area contributed by atoms with E-state index >= 15 is 0 Å². The summed E-state index contributed by atoms with van der Waals surface area (Å²) in [7, 11) is 0. The predicted molar refractivity (Wildman–Crippen MR) is 96.7 cm³/mol. The Labute approximate surface area is 141 Å². The number of rotatable bonds is 4. The van der Waals surface area contributed by atoms with Gasteiger partial charge in [-0.1, -0.05) is 54.6 Å². The van der Waals surface area contributed by atoms with Gasteiger partial charge in [-0.25, -0.2) is 4.79 Å².